The summed E-state index contributed by atoms with van der Waals surface area (Å²) in [6.07, 6.45) is 2.50. The van der Waals surface area contributed by atoms with E-state index in [4.69, 9.17) is 4.74 Å². The monoisotopic (exact) mass is 394 g/mol. The zero-order chi connectivity index (χ0) is 20.5. The van der Waals surface area contributed by atoms with Gasteiger partial charge >= 0.3 is 0 Å². The molecule has 0 spiro atoms. The highest BCUT2D eigenvalue weighted by Crippen LogP contribution is 2.35. The minimum atomic E-state index is -0.271. The fourth-order valence-electron chi connectivity index (χ4n) is 4.44. The minimum Gasteiger partial charge on any atom is -0.372 e. The van der Waals surface area contributed by atoms with Crippen LogP contribution < -0.4 is 0 Å². The maximum atomic E-state index is 13.6. The Labute approximate surface area is 170 Å². The zero-order valence-electron chi connectivity index (χ0n) is 17.1. The van der Waals surface area contributed by atoms with Gasteiger partial charge in [0.15, 0.2) is 0 Å². The maximum Gasteiger partial charge on any atom is 0.223 e. The Morgan fingerprint density at radius 2 is 1.76 bits per heavy atom. The molecule has 1 fully saturated rings. The molecule has 2 aromatic carbocycles. The molecule has 0 radical (unpaired) electrons. The topological polar surface area (TPSA) is 34.5 Å². The molecule has 3 atom stereocenters. The average Bonchev–Trinajstić information content (AvgIpc) is 3.03. The van der Waals surface area contributed by atoms with Gasteiger partial charge in [-0.25, -0.2) is 4.39 Å². The van der Waals surface area contributed by atoms with Crippen molar-refractivity contribution in [2.45, 2.75) is 38.4 Å². The molecule has 1 aliphatic heterocycles. The molecule has 4 rings (SSSR count). The molecule has 3 unspecified atom stereocenters. The Morgan fingerprint density at radius 1 is 1.10 bits per heavy atom. The van der Waals surface area contributed by atoms with Crippen molar-refractivity contribution in [3.63, 3.8) is 0 Å². The minimum absolute atomic E-state index is 0.0320. The smallest absolute Gasteiger partial charge is 0.223 e. The van der Waals surface area contributed by atoms with Crippen LogP contribution in [-0.4, -0.2) is 40.7 Å². The van der Waals surface area contributed by atoms with Gasteiger partial charge in [0.2, 0.25) is 5.91 Å². The number of benzene rings is 2. The SMILES string of the molecule is CC1CN(C(=O)CC(c2ccc(F)cc2)c2cn(C)c3ccccc23)CC(C)O1. The number of carbonyl (C=O) groups is 1. The van der Waals surface area contributed by atoms with Crippen molar-refractivity contribution in [2.24, 2.45) is 7.05 Å². The van der Waals surface area contributed by atoms with Gasteiger partial charge in [-0.3, -0.25) is 4.79 Å². The lowest BCUT2D eigenvalue weighted by Crippen LogP contribution is -2.48. The Hall–Kier alpha value is -2.66. The van der Waals surface area contributed by atoms with E-state index in [0.29, 0.717) is 19.5 Å². The maximum absolute atomic E-state index is 13.6. The van der Waals surface area contributed by atoms with E-state index < -0.39 is 0 Å². The molecular weight excluding hydrogens is 367 g/mol. The number of aryl methyl sites for hydroxylation is 1. The van der Waals surface area contributed by atoms with Crippen molar-refractivity contribution in [1.29, 1.82) is 0 Å². The lowest BCUT2D eigenvalue weighted by molar-refractivity contribution is -0.143. The van der Waals surface area contributed by atoms with Gasteiger partial charge in [-0.05, 0) is 43.2 Å². The molecule has 1 aliphatic rings. The molecule has 0 aliphatic carbocycles. The Bertz CT molecular complexity index is 1000. The van der Waals surface area contributed by atoms with Gasteiger partial charge in [0, 0.05) is 49.6 Å². The molecule has 1 aromatic heterocycles. The van der Waals surface area contributed by atoms with E-state index in [0.717, 1.165) is 22.0 Å². The molecule has 3 aromatic rings. The first-order valence-corrected chi connectivity index (χ1v) is 10.1. The van der Waals surface area contributed by atoms with Crippen LogP contribution in [0, 0.1) is 5.82 Å². The van der Waals surface area contributed by atoms with E-state index in [1.807, 2.05) is 37.9 Å². The lowest BCUT2D eigenvalue weighted by Gasteiger charge is -2.36. The Morgan fingerprint density at radius 3 is 2.45 bits per heavy atom. The van der Waals surface area contributed by atoms with Crippen LogP contribution in [0.25, 0.3) is 10.9 Å². The second kappa shape index (κ2) is 7.99. The van der Waals surface area contributed by atoms with Crippen LogP contribution in [0.15, 0.2) is 54.7 Å². The van der Waals surface area contributed by atoms with Crippen LogP contribution in [-0.2, 0) is 16.6 Å². The fraction of sp³-hybridized carbons (Fsp3) is 0.375. The van der Waals surface area contributed by atoms with Gasteiger partial charge < -0.3 is 14.2 Å². The van der Waals surface area contributed by atoms with Gasteiger partial charge in [-0.1, -0.05) is 30.3 Å². The number of morpholine rings is 1. The van der Waals surface area contributed by atoms with E-state index in [2.05, 4.69) is 22.9 Å². The highest BCUT2D eigenvalue weighted by atomic mass is 19.1. The van der Waals surface area contributed by atoms with E-state index in [1.54, 1.807) is 12.1 Å². The molecule has 29 heavy (non-hydrogen) atoms. The summed E-state index contributed by atoms with van der Waals surface area (Å²) < 4.78 is 21.4. The number of nitrogens with zero attached hydrogens (tertiary/aromatic N) is 2. The number of aromatic nitrogens is 1. The van der Waals surface area contributed by atoms with Gasteiger partial charge in [-0.15, -0.1) is 0 Å². The number of para-hydroxylation sites is 1. The molecule has 0 saturated carbocycles. The average molecular weight is 394 g/mol. The molecule has 1 saturated heterocycles. The summed E-state index contributed by atoms with van der Waals surface area (Å²) in [5.41, 5.74) is 3.17. The van der Waals surface area contributed by atoms with Crippen LogP contribution in [0.4, 0.5) is 4.39 Å². The normalized spacial score (nSPS) is 20.8. The van der Waals surface area contributed by atoms with Gasteiger partial charge in [-0.2, -0.15) is 0 Å². The number of hydrogen-bond donors (Lipinski definition) is 0. The number of hydrogen-bond acceptors (Lipinski definition) is 2. The Kier molecular flexibility index (Phi) is 5.41. The number of carbonyl (C=O) groups excluding carboxylic acids is 1. The van der Waals surface area contributed by atoms with E-state index in [9.17, 15) is 9.18 Å². The number of ether oxygens (including phenoxy) is 1. The van der Waals surface area contributed by atoms with Gasteiger partial charge in [0.1, 0.15) is 5.82 Å². The van der Waals surface area contributed by atoms with Crippen LogP contribution in [0.1, 0.15) is 37.3 Å². The molecule has 4 nitrogen and oxygen atoms in total. The second-order valence-electron chi connectivity index (χ2n) is 8.08. The van der Waals surface area contributed by atoms with Crippen molar-refractivity contribution in [1.82, 2.24) is 9.47 Å². The summed E-state index contributed by atoms with van der Waals surface area (Å²) in [6.45, 7) is 5.21. The molecule has 2 heterocycles. The van der Waals surface area contributed by atoms with Gasteiger partial charge in [0.05, 0.1) is 12.2 Å². The Balaban J connectivity index is 1.71. The third kappa shape index (κ3) is 4.06. The third-order valence-electron chi connectivity index (χ3n) is 5.73. The summed E-state index contributed by atoms with van der Waals surface area (Å²) in [5, 5.41) is 1.13. The van der Waals surface area contributed by atoms with Crippen LogP contribution >= 0.6 is 0 Å². The van der Waals surface area contributed by atoms with Crippen LogP contribution in [0.3, 0.4) is 0 Å². The molecule has 1 amide bonds. The van der Waals surface area contributed by atoms with E-state index in [1.165, 1.54) is 12.1 Å². The largest absolute Gasteiger partial charge is 0.372 e. The molecule has 5 heteroatoms. The summed E-state index contributed by atoms with van der Waals surface area (Å²) in [6, 6.07) is 14.7. The van der Waals surface area contributed by atoms with Crippen molar-refractivity contribution >= 4 is 16.8 Å². The van der Waals surface area contributed by atoms with E-state index in [-0.39, 0.29) is 29.9 Å². The summed E-state index contributed by atoms with van der Waals surface area (Å²) >= 11 is 0. The van der Waals surface area contributed by atoms with Crippen molar-refractivity contribution in [3.8, 4) is 0 Å². The van der Waals surface area contributed by atoms with Gasteiger partial charge in [0.25, 0.3) is 0 Å². The number of halogens is 1. The van der Waals surface area contributed by atoms with E-state index >= 15 is 0 Å². The first-order chi connectivity index (χ1) is 13.9. The predicted octanol–water partition coefficient (Wildman–Crippen LogP) is 4.48. The summed E-state index contributed by atoms with van der Waals surface area (Å²) in [7, 11) is 2.01. The third-order valence-corrected chi connectivity index (χ3v) is 5.73. The quantitative estimate of drug-likeness (QED) is 0.654. The standard InChI is InChI=1S/C24H27FN2O2/c1-16-13-27(14-17(2)29-16)24(28)12-21(18-8-10-19(25)11-9-18)22-15-26(3)23-7-5-4-6-20(22)23/h4-11,15-17,21H,12-14H2,1-3H3. The van der Waals surface area contributed by atoms with Crippen molar-refractivity contribution < 1.29 is 13.9 Å². The molecular formula is C24H27FN2O2. The first kappa shape index (κ1) is 19.6. The number of rotatable bonds is 4. The first-order valence-electron chi connectivity index (χ1n) is 10.1. The van der Waals surface area contributed by atoms with Crippen molar-refractivity contribution in [2.75, 3.05) is 13.1 Å². The van der Waals surface area contributed by atoms with Crippen molar-refractivity contribution in [3.05, 3.63) is 71.7 Å². The van der Waals surface area contributed by atoms with Crippen LogP contribution in [0.2, 0.25) is 0 Å². The molecule has 152 valence electrons. The summed E-state index contributed by atoms with van der Waals surface area (Å²) in [5.74, 6) is -0.301. The highest BCUT2D eigenvalue weighted by molar-refractivity contribution is 5.86. The summed E-state index contributed by atoms with van der Waals surface area (Å²) in [4.78, 5) is 15.1. The predicted molar refractivity (Wildman–Crippen MR) is 112 cm³/mol. The zero-order valence-corrected chi connectivity index (χ0v) is 17.1. The fourth-order valence-corrected chi connectivity index (χ4v) is 4.44. The second-order valence-corrected chi connectivity index (χ2v) is 8.08. The van der Waals surface area contributed by atoms with Crippen LogP contribution in [0.5, 0.6) is 0 Å². The molecule has 0 bridgehead atoms. The highest BCUT2D eigenvalue weighted by Gasteiger charge is 2.29. The number of fused-ring (bicyclic) bond motifs is 1. The number of amides is 1. The molecule has 0 N–H and O–H groups in total. The lowest BCUT2D eigenvalue weighted by atomic mass is 9.87.